The highest BCUT2D eigenvalue weighted by Gasteiger charge is 2.01. The van der Waals surface area contributed by atoms with Gasteiger partial charge in [-0.3, -0.25) is 0 Å². The fraction of sp³-hybridized carbons (Fsp3) is 0.769. The molecule has 3 nitrogen and oxygen atoms in total. The summed E-state index contributed by atoms with van der Waals surface area (Å²) in [7, 11) is 0. The van der Waals surface area contributed by atoms with E-state index in [0.717, 1.165) is 6.42 Å². The van der Waals surface area contributed by atoms with Crippen molar-refractivity contribution in [2.24, 2.45) is 5.92 Å². The molecule has 0 spiro atoms. The minimum atomic E-state index is -1.18. The lowest BCUT2D eigenvalue weighted by Crippen LogP contribution is -2.08. The van der Waals surface area contributed by atoms with E-state index in [1.54, 1.807) is 0 Å². The van der Waals surface area contributed by atoms with Crippen molar-refractivity contribution in [2.75, 3.05) is 6.61 Å². The van der Waals surface area contributed by atoms with Crippen LogP contribution in [0.3, 0.4) is 0 Å². The largest absolute Gasteiger partial charge is 0.505 e. The van der Waals surface area contributed by atoms with Gasteiger partial charge in [-0.15, -0.1) is 0 Å². The maximum Gasteiger partial charge on any atom is 0.505 e. The highest BCUT2D eigenvalue weighted by Crippen LogP contribution is 1.99. The first-order chi connectivity index (χ1) is 7.58. The quantitative estimate of drug-likeness (QED) is 0.415. The Morgan fingerprint density at radius 2 is 2.06 bits per heavy atom. The van der Waals surface area contributed by atoms with E-state index >= 15 is 0 Å². The van der Waals surface area contributed by atoms with Crippen molar-refractivity contribution in [3.05, 3.63) is 12.2 Å². The molecular weight excluding hydrogens is 204 g/mol. The molecule has 0 aromatic heterocycles. The molecule has 0 fully saturated rings. The van der Waals surface area contributed by atoms with Crippen molar-refractivity contribution in [1.82, 2.24) is 0 Å². The third kappa shape index (κ3) is 18.7. The molecule has 0 aromatic rings. The molecule has 1 N–H and O–H groups in total. The van der Waals surface area contributed by atoms with Gasteiger partial charge < -0.3 is 9.84 Å². The summed E-state index contributed by atoms with van der Waals surface area (Å²) in [5.41, 5.74) is 0. The Hall–Kier alpha value is -0.990. The van der Waals surface area contributed by atoms with Crippen molar-refractivity contribution >= 4 is 6.16 Å². The van der Waals surface area contributed by atoms with Crippen LogP contribution in [0, 0.1) is 5.92 Å². The summed E-state index contributed by atoms with van der Waals surface area (Å²) in [6.45, 7) is 8.53. The van der Waals surface area contributed by atoms with E-state index in [-0.39, 0.29) is 0 Å². The average molecular weight is 230 g/mol. The van der Waals surface area contributed by atoms with Crippen LogP contribution in [0.2, 0.25) is 0 Å². The lowest BCUT2D eigenvalue weighted by atomic mass is 10.1. The number of unbranched alkanes of at least 4 members (excludes halogenated alkanes) is 2. The monoisotopic (exact) mass is 230 g/mol. The van der Waals surface area contributed by atoms with Crippen molar-refractivity contribution in [1.29, 1.82) is 0 Å². The molecule has 0 aliphatic heterocycles. The topological polar surface area (TPSA) is 46.5 Å². The van der Waals surface area contributed by atoms with Gasteiger partial charge in [0.1, 0.15) is 0 Å². The summed E-state index contributed by atoms with van der Waals surface area (Å²) >= 11 is 0. The SMILES string of the molecule is CC=CCCCC.CCC(C)COC(=O)O. The molecule has 1 atom stereocenters. The van der Waals surface area contributed by atoms with E-state index in [0.29, 0.717) is 12.5 Å². The second kappa shape index (κ2) is 14.0. The van der Waals surface area contributed by atoms with Crippen LogP contribution >= 0.6 is 0 Å². The van der Waals surface area contributed by atoms with Crippen LogP contribution in [0.5, 0.6) is 0 Å². The molecule has 1 unspecified atom stereocenters. The molecule has 0 heterocycles. The zero-order valence-corrected chi connectivity index (χ0v) is 11.0. The van der Waals surface area contributed by atoms with Gasteiger partial charge in [0.2, 0.25) is 0 Å². The molecule has 0 aromatic carbocycles. The van der Waals surface area contributed by atoms with Crippen LogP contribution in [-0.2, 0) is 4.74 Å². The number of carbonyl (C=O) groups is 1. The third-order valence-electron chi connectivity index (χ3n) is 2.15. The van der Waals surface area contributed by atoms with Crippen LogP contribution in [0.1, 0.15) is 53.4 Å². The van der Waals surface area contributed by atoms with Crippen molar-refractivity contribution < 1.29 is 14.6 Å². The average Bonchev–Trinajstić information content (AvgIpc) is 2.27. The van der Waals surface area contributed by atoms with Gasteiger partial charge >= 0.3 is 6.16 Å². The van der Waals surface area contributed by atoms with Gasteiger partial charge in [-0.2, -0.15) is 0 Å². The molecule has 96 valence electrons. The molecule has 0 radical (unpaired) electrons. The number of rotatable bonds is 6. The summed E-state index contributed by atoms with van der Waals surface area (Å²) in [4.78, 5) is 9.80. The molecule has 0 rings (SSSR count). The third-order valence-corrected chi connectivity index (χ3v) is 2.15. The molecule has 0 saturated heterocycles. The molecule has 0 amide bonds. The van der Waals surface area contributed by atoms with Gasteiger partial charge in [0.15, 0.2) is 0 Å². The van der Waals surface area contributed by atoms with Gasteiger partial charge in [0.25, 0.3) is 0 Å². The molecule has 3 heteroatoms. The lowest BCUT2D eigenvalue weighted by Gasteiger charge is -2.05. The zero-order chi connectivity index (χ0) is 12.8. The standard InChI is InChI=1S/C7H14.C6H12O3/c1-3-5-7-6-4-2;1-3-5(2)4-9-6(7)8/h3,5H,4,6-7H2,1-2H3;5H,3-4H2,1-2H3,(H,7,8). The maximum atomic E-state index is 9.80. The Balaban J connectivity index is 0. The number of ether oxygens (including phenoxy) is 1. The van der Waals surface area contributed by atoms with E-state index in [2.05, 4.69) is 30.7 Å². The van der Waals surface area contributed by atoms with Crippen LogP contribution in [0.25, 0.3) is 0 Å². The smallest absolute Gasteiger partial charge is 0.450 e. The molecule has 0 saturated carbocycles. The number of carboxylic acid groups (broad SMARTS) is 1. The molecular formula is C13H26O3. The fourth-order valence-corrected chi connectivity index (χ4v) is 0.820. The highest BCUT2D eigenvalue weighted by atomic mass is 16.7. The normalized spacial score (nSPS) is 11.8. The van der Waals surface area contributed by atoms with E-state index in [1.807, 2.05) is 13.8 Å². The predicted molar refractivity (Wildman–Crippen MR) is 67.8 cm³/mol. The van der Waals surface area contributed by atoms with Crippen LogP contribution in [0.15, 0.2) is 12.2 Å². The minimum absolute atomic E-state index is 0.311. The van der Waals surface area contributed by atoms with Gasteiger partial charge in [-0.25, -0.2) is 4.79 Å². The van der Waals surface area contributed by atoms with Crippen molar-refractivity contribution in [2.45, 2.75) is 53.4 Å². The first-order valence-electron chi connectivity index (χ1n) is 6.05. The molecule has 16 heavy (non-hydrogen) atoms. The van der Waals surface area contributed by atoms with E-state index in [4.69, 9.17) is 5.11 Å². The Labute approximate surface area is 99.5 Å². The summed E-state index contributed by atoms with van der Waals surface area (Å²) < 4.78 is 4.31. The first kappa shape index (κ1) is 17.4. The van der Waals surface area contributed by atoms with E-state index in [1.165, 1.54) is 19.3 Å². The van der Waals surface area contributed by atoms with Crippen molar-refractivity contribution in [3.63, 3.8) is 0 Å². The predicted octanol–water partition coefficient (Wildman–Crippen LogP) is 4.48. The van der Waals surface area contributed by atoms with Crippen LogP contribution < -0.4 is 0 Å². The van der Waals surface area contributed by atoms with Crippen LogP contribution in [-0.4, -0.2) is 17.9 Å². The van der Waals surface area contributed by atoms with Crippen LogP contribution in [0.4, 0.5) is 4.79 Å². The zero-order valence-electron chi connectivity index (χ0n) is 11.0. The second-order valence-electron chi connectivity index (χ2n) is 3.80. The first-order valence-corrected chi connectivity index (χ1v) is 6.05. The van der Waals surface area contributed by atoms with Crippen molar-refractivity contribution in [3.8, 4) is 0 Å². The van der Waals surface area contributed by atoms with Gasteiger partial charge in [0, 0.05) is 0 Å². The number of hydrogen-bond acceptors (Lipinski definition) is 2. The number of hydrogen-bond donors (Lipinski definition) is 1. The molecule has 0 bridgehead atoms. The minimum Gasteiger partial charge on any atom is -0.450 e. The number of allylic oxidation sites excluding steroid dienone is 2. The highest BCUT2D eigenvalue weighted by molar-refractivity contribution is 5.56. The Kier molecular flexibility index (Phi) is 15.2. The van der Waals surface area contributed by atoms with Gasteiger partial charge in [-0.05, 0) is 19.3 Å². The maximum absolute atomic E-state index is 9.80. The lowest BCUT2D eigenvalue weighted by molar-refractivity contribution is 0.0787. The van der Waals surface area contributed by atoms with E-state index < -0.39 is 6.16 Å². The van der Waals surface area contributed by atoms with Gasteiger partial charge in [-0.1, -0.05) is 52.2 Å². The Morgan fingerprint density at radius 1 is 1.44 bits per heavy atom. The summed E-state index contributed by atoms with van der Waals surface area (Å²) in [5.74, 6) is 0.334. The summed E-state index contributed by atoms with van der Waals surface area (Å²) in [6, 6.07) is 0. The van der Waals surface area contributed by atoms with E-state index in [9.17, 15) is 4.79 Å². The fourth-order valence-electron chi connectivity index (χ4n) is 0.820. The summed E-state index contributed by atoms with van der Waals surface area (Å²) in [6.07, 6.45) is 7.99. The molecule has 0 aliphatic rings. The molecule has 0 aliphatic carbocycles. The second-order valence-corrected chi connectivity index (χ2v) is 3.80. The Bertz CT molecular complexity index is 176. The summed E-state index contributed by atoms with van der Waals surface area (Å²) in [5, 5.41) is 8.04. The Morgan fingerprint density at radius 3 is 2.44 bits per heavy atom. The van der Waals surface area contributed by atoms with Gasteiger partial charge in [0.05, 0.1) is 6.61 Å².